The first kappa shape index (κ1) is 24.2. The Balaban J connectivity index is 1.27. The second-order valence-corrected chi connectivity index (χ2v) is 8.50. The third-order valence-electron chi connectivity index (χ3n) is 5.54. The lowest BCUT2D eigenvalue weighted by molar-refractivity contribution is -0.126. The molecule has 9 heteroatoms. The molecule has 1 aliphatic heterocycles. The van der Waals surface area contributed by atoms with E-state index in [-0.39, 0.29) is 37.1 Å². The summed E-state index contributed by atoms with van der Waals surface area (Å²) < 4.78 is 19.1. The number of hydrogen-bond donors (Lipinski definition) is 2. The highest BCUT2D eigenvalue weighted by Gasteiger charge is 2.35. The number of anilines is 2. The molecule has 0 bridgehead atoms. The van der Waals surface area contributed by atoms with Crippen LogP contribution in [0.25, 0.3) is 0 Å². The van der Waals surface area contributed by atoms with Crippen molar-refractivity contribution in [2.24, 2.45) is 5.92 Å². The van der Waals surface area contributed by atoms with Gasteiger partial charge in [-0.05, 0) is 54.1 Å². The maximum atomic E-state index is 13.6. The molecule has 1 fully saturated rings. The third kappa shape index (κ3) is 6.36. The number of ether oxygens (including phenoxy) is 1. The number of carbonyl (C=O) groups excluding carboxylic acids is 3. The fourth-order valence-electron chi connectivity index (χ4n) is 3.69. The molecule has 0 aromatic heterocycles. The standard InChI is InChI=1S/C26H23ClFN3O4/c27-19-7-5-17(6-8-19)14-29-26(34)18-13-25(33)31(15-18)20-9-11-21(12-10-20)35-16-24(32)30-23-4-2-1-3-22(23)28/h1-12,18H,13-16H2,(H,29,34)(H,30,32)/t18-/m1/s1. The van der Waals surface area contributed by atoms with E-state index >= 15 is 0 Å². The first-order chi connectivity index (χ1) is 16.9. The Kier molecular flexibility index (Phi) is 7.62. The number of hydrogen-bond acceptors (Lipinski definition) is 4. The van der Waals surface area contributed by atoms with E-state index in [1.54, 1.807) is 47.4 Å². The van der Waals surface area contributed by atoms with Crippen molar-refractivity contribution in [3.63, 3.8) is 0 Å². The topological polar surface area (TPSA) is 87.7 Å². The Hall–Kier alpha value is -3.91. The molecule has 180 valence electrons. The molecule has 0 aliphatic carbocycles. The van der Waals surface area contributed by atoms with E-state index in [0.717, 1.165) is 5.56 Å². The van der Waals surface area contributed by atoms with Gasteiger partial charge in [0.1, 0.15) is 11.6 Å². The zero-order valence-corrected chi connectivity index (χ0v) is 19.4. The van der Waals surface area contributed by atoms with Crippen molar-refractivity contribution in [1.29, 1.82) is 0 Å². The smallest absolute Gasteiger partial charge is 0.262 e. The van der Waals surface area contributed by atoms with Crippen molar-refractivity contribution in [3.05, 3.63) is 89.2 Å². The average molecular weight is 496 g/mol. The van der Waals surface area contributed by atoms with Gasteiger partial charge in [-0.15, -0.1) is 0 Å². The van der Waals surface area contributed by atoms with Crippen LogP contribution in [0.2, 0.25) is 5.02 Å². The maximum Gasteiger partial charge on any atom is 0.262 e. The monoisotopic (exact) mass is 495 g/mol. The molecule has 3 aromatic carbocycles. The molecule has 4 rings (SSSR count). The first-order valence-corrected chi connectivity index (χ1v) is 11.4. The Morgan fingerprint density at radius 2 is 1.74 bits per heavy atom. The molecular weight excluding hydrogens is 473 g/mol. The second-order valence-electron chi connectivity index (χ2n) is 8.06. The predicted octanol–water partition coefficient (Wildman–Crippen LogP) is 4.17. The quantitative estimate of drug-likeness (QED) is 0.491. The van der Waals surface area contributed by atoms with Crippen LogP contribution in [0.15, 0.2) is 72.8 Å². The molecule has 1 atom stereocenters. The van der Waals surface area contributed by atoms with Gasteiger partial charge < -0.3 is 20.3 Å². The summed E-state index contributed by atoms with van der Waals surface area (Å²) in [5, 5.41) is 5.94. The van der Waals surface area contributed by atoms with E-state index in [0.29, 0.717) is 23.0 Å². The van der Waals surface area contributed by atoms with Gasteiger partial charge >= 0.3 is 0 Å². The summed E-state index contributed by atoms with van der Waals surface area (Å²) in [4.78, 5) is 38.7. The number of carbonyl (C=O) groups is 3. The second kappa shape index (κ2) is 11.0. The number of nitrogens with zero attached hydrogens (tertiary/aromatic N) is 1. The maximum absolute atomic E-state index is 13.6. The molecule has 3 aromatic rings. The van der Waals surface area contributed by atoms with Gasteiger partial charge in [-0.2, -0.15) is 0 Å². The Morgan fingerprint density at radius 3 is 2.46 bits per heavy atom. The number of amides is 3. The molecule has 0 spiro atoms. The molecule has 0 saturated carbocycles. The van der Waals surface area contributed by atoms with Crippen molar-refractivity contribution >= 4 is 40.7 Å². The zero-order chi connectivity index (χ0) is 24.8. The van der Waals surface area contributed by atoms with E-state index in [1.165, 1.54) is 18.2 Å². The van der Waals surface area contributed by atoms with Gasteiger partial charge in [-0.25, -0.2) is 4.39 Å². The van der Waals surface area contributed by atoms with E-state index in [9.17, 15) is 18.8 Å². The van der Waals surface area contributed by atoms with Crippen molar-refractivity contribution in [3.8, 4) is 5.75 Å². The SMILES string of the molecule is O=C(COc1ccc(N2C[C@H](C(=O)NCc3ccc(Cl)cc3)CC2=O)cc1)Nc1ccccc1F. The average Bonchev–Trinajstić information content (AvgIpc) is 3.25. The number of nitrogens with one attached hydrogen (secondary N) is 2. The van der Waals surface area contributed by atoms with Gasteiger partial charge in [0.15, 0.2) is 6.61 Å². The lowest BCUT2D eigenvalue weighted by atomic mass is 10.1. The minimum Gasteiger partial charge on any atom is -0.484 e. The normalized spacial score (nSPS) is 15.1. The Bertz CT molecular complexity index is 1220. The molecule has 1 heterocycles. The lowest BCUT2D eigenvalue weighted by Gasteiger charge is -2.17. The van der Waals surface area contributed by atoms with Gasteiger partial charge in [0, 0.05) is 30.2 Å². The van der Waals surface area contributed by atoms with Crippen molar-refractivity contribution in [2.45, 2.75) is 13.0 Å². The first-order valence-electron chi connectivity index (χ1n) is 11.0. The highest BCUT2D eigenvalue weighted by molar-refractivity contribution is 6.30. The molecule has 1 aliphatic rings. The van der Waals surface area contributed by atoms with Gasteiger partial charge in [0.05, 0.1) is 11.6 Å². The summed E-state index contributed by atoms with van der Waals surface area (Å²) in [5.41, 5.74) is 1.63. The highest BCUT2D eigenvalue weighted by atomic mass is 35.5. The fourth-order valence-corrected chi connectivity index (χ4v) is 3.81. The number of benzene rings is 3. The summed E-state index contributed by atoms with van der Waals surface area (Å²) >= 11 is 5.88. The summed E-state index contributed by atoms with van der Waals surface area (Å²) in [5.74, 6) is -1.39. The highest BCUT2D eigenvalue weighted by Crippen LogP contribution is 2.27. The van der Waals surface area contributed by atoms with Crippen molar-refractivity contribution in [1.82, 2.24) is 5.32 Å². The van der Waals surface area contributed by atoms with E-state index < -0.39 is 17.6 Å². The molecule has 35 heavy (non-hydrogen) atoms. The van der Waals surface area contributed by atoms with Crippen LogP contribution in [0.4, 0.5) is 15.8 Å². The zero-order valence-electron chi connectivity index (χ0n) is 18.7. The molecule has 0 unspecified atom stereocenters. The van der Waals surface area contributed by atoms with E-state index in [4.69, 9.17) is 16.3 Å². The summed E-state index contributed by atoms with van der Waals surface area (Å²) in [6.07, 6.45) is 0.126. The van der Waals surface area contributed by atoms with Crippen LogP contribution in [0, 0.1) is 11.7 Å². The van der Waals surface area contributed by atoms with Gasteiger partial charge in [-0.1, -0.05) is 35.9 Å². The molecule has 7 nitrogen and oxygen atoms in total. The van der Waals surface area contributed by atoms with Crippen LogP contribution in [0.5, 0.6) is 5.75 Å². The van der Waals surface area contributed by atoms with Crippen LogP contribution < -0.4 is 20.3 Å². The van der Waals surface area contributed by atoms with E-state index in [2.05, 4.69) is 10.6 Å². The van der Waals surface area contributed by atoms with Crippen molar-refractivity contribution < 1.29 is 23.5 Å². The van der Waals surface area contributed by atoms with E-state index in [1.807, 2.05) is 12.1 Å². The van der Waals surface area contributed by atoms with Crippen LogP contribution in [-0.4, -0.2) is 30.9 Å². The minimum absolute atomic E-state index is 0.0794. The fraction of sp³-hybridized carbons (Fsp3) is 0.192. The lowest BCUT2D eigenvalue weighted by Crippen LogP contribution is -2.32. The molecular formula is C26H23ClFN3O4. The summed E-state index contributed by atoms with van der Waals surface area (Å²) in [6.45, 7) is 0.333. The third-order valence-corrected chi connectivity index (χ3v) is 5.79. The number of halogens is 2. The van der Waals surface area contributed by atoms with Gasteiger partial charge in [0.25, 0.3) is 5.91 Å². The number of rotatable bonds is 8. The number of para-hydroxylation sites is 1. The van der Waals surface area contributed by atoms with Gasteiger partial charge in [-0.3, -0.25) is 14.4 Å². The summed E-state index contributed by atoms with van der Waals surface area (Å²) in [7, 11) is 0. The molecule has 2 N–H and O–H groups in total. The largest absolute Gasteiger partial charge is 0.484 e. The molecule has 3 amide bonds. The van der Waals surface area contributed by atoms with Crippen LogP contribution in [0.3, 0.4) is 0 Å². The van der Waals surface area contributed by atoms with Crippen LogP contribution in [0.1, 0.15) is 12.0 Å². The molecule has 0 radical (unpaired) electrons. The summed E-state index contributed by atoms with van der Waals surface area (Å²) in [6, 6.07) is 19.7. The van der Waals surface area contributed by atoms with Crippen LogP contribution in [-0.2, 0) is 20.9 Å². The minimum atomic E-state index is -0.530. The molecule has 1 saturated heterocycles. The van der Waals surface area contributed by atoms with Gasteiger partial charge in [0.2, 0.25) is 11.8 Å². The Morgan fingerprint density at radius 1 is 1.03 bits per heavy atom. The Labute approximate surface area is 206 Å². The van der Waals surface area contributed by atoms with Crippen LogP contribution >= 0.6 is 11.6 Å². The van der Waals surface area contributed by atoms with Crippen molar-refractivity contribution in [2.75, 3.05) is 23.4 Å². The predicted molar refractivity (Wildman–Crippen MR) is 131 cm³/mol.